The third-order valence-corrected chi connectivity index (χ3v) is 4.26. The zero-order chi connectivity index (χ0) is 15.2. The van der Waals surface area contributed by atoms with Crippen LogP contribution in [0.25, 0.3) is 0 Å². The van der Waals surface area contributed by atoms with Gasteiger partial charge in [-0.05, 0) is 37.8 Å². The smallest absolute Gasteiger partial charge is 0.254 e. The summed E-state index contributed by atoms with van der Waals surface area (Å²) >= 11 is 0. The van der Waals surface area contributed by atoms with Gasteiger partial charge >= 0.3 is 0 Å². The fourth-order valence-electron chi connectivity index (χ4n) is 3.15. The Morgan fingerprint density at radius 2 is 2.14 bits per heavy atom. The predicted octanol–water partition coefficient (Wildman–Crippen LogP) is 3.41. The van der Waals surface area contributed by atoms with Crippen molar-refractivity contribution in [3.63, 3.8) is 0 Å². The lowest BCUT2D eigenvalue weighted by Crippen LogP contribution is -2.39. The molecule has 1 unspecified atom stereocenters. The minimum Gasteiger partial charge on any atom is -0.384 e. The first-order chi connectivity index (χ1) is 10.2. The highest BCUT2D eigenvalue weighted by molar-refractivity contribution is 5.95. The van der Waals surface area contributed by atoms with Crippen molar-refractivity contribution in [3.05, 3.63) is 23.4 Å². The molecule has 1 aliphatic heterocycles. The monoisotopic (exact) mass is 289 g/mol. The van der Waals surface area contributed by atoms with Crippen LogP contribution in [0.5, 0.6) is 0 Å². The molecule has 1 amide bonds. The van der Waals surface area contributed by atoms with Gasteiger partial charge in [0.15, 0.2) is 0 Å². The predicted molar refractivity (Wildman–Crippen MR) is 86.2 cm³/mol. The molecule has 0 aliphatic carbocycles. The van der Waals surface area contributed by atoms with E-state index in [1.165, 1.54) is 12.8 Å². The molecule has 1 aromatic rings. The first-order valence-corrected chi connectivity index (χ1v) is 8.23. The van der Waals surface area contributed by atoms with Crippen LogP contribution in [-0.4, -0.2) is 28.4 Å². The minimum atomic E-state index is 0.121. The van der Waals surface area contributed by atoms with Crippen molar-refractivity contribution < 1.29 is 4.79 Å². The summed E-state index contributed by atoms with van der Waals surface area (Å²) in [6, 6.07) is 4.00. The Bertz CT molecular complexity index is 487. The number of hydrogen-bond donors (Lipinski definition) is 1. The topological polar surface area (TPSA) is 59.2 Å². The molecule has 1 atom stereocenters. The van der Waals surface area contributed by atoms with Crippen LogP contribution in [-0.2, 0) is 6.42 Å². The van der Waals surface area contributed by atoms with Crippen molar-refractivity contribution in [2.24, 2.45) is 0 Å². The van der Waals surface area contributed by atoms with Crippen molar-refractivity contribution in [1.82, 2.24) is 9.88 Å². The molecule has 2 heterocycles. The summed E-state index contributed by atoms with van der Waals surface area (Å²) in [4.78, 5) is 19.2. The number of rotatable bonds is 4. The Kier molecular flexibility index (Phi) is 5.59. The molecule has 2 N–H and O–H groups in total. The zero-order valence-corrected chi connectivity index (χ0v) is 13.3. The Morgan fingerprint density at radius 1 is 1.33 bits per heavy atom. The normalized spacial score (nSPS) is 19.3. The standard InChI is InChI=1S/C17H27N3O/c1-3-8-14-11-13(12-16(18)19-14)17(21)20-10-7-5-6-9-15(20)4-2/h11-12,15H,3-10H2,1-2H3,(H2,18,19). The summed E-state index contributed by atoms with van der Waals surface area (Å²) in [5.41, 5.74) is 7.49. The summed E-state index contributed by atoms with van der Waals surface area (Å²) in [7, 11) is 0. The van der Waals surface area contributed by atoms with Crippen molar-refractivity contribution in [3.8, 4) is 0 Å². The van der Waals surface area contributed by atoms with Gasteiger partial charge in [-0.1, -0.05) is 33.1 Å². The van der Waals surface area contributed by atoms with E-state index in [9.17, 15) is 4.79 Å². The summed E-state index contributed by atoms with van der Waals surface area (Å²) in [5, 5.41) is 0. The molecule has 2 rings (SSSR count). The van der Waals surface area contributed by atoms with Crippen molar-refractivity contribution in [2.75, 3.05) is 12.3 Å². The van der Waals surface area contributed by atoms with E-state index in [1.807, 2.05) is 6.07 Å². The molecule has 1 aliphatic rings. The van der Waals surface area contributed by atoms with Gasteiger partial charge in [-0.15, -0.1) is 0 Å². The van der Waals surface area contributed by atoms with E-state index >= 15 is 0 Å². The molecule has 1 fully saturated rings. The van der Waals surface area contributed by atoms with Crippen LogP contribution < -0.4 is 5.73 Å². The Morgan fingerprint density at radius 3 is 2.86 bits per heavy atom. The van der Waals surface area contributed by atoms with E-state index in [0.29, 0.717) is 17.4 Å². The Balaban J connectivity index is 2.24. The summed E-state index contributed by atoms with van der Waals surface area (Å²) < 4.78 is 0. The maximum Gasteiger partial charge on any atom is 0.254 e. The maximum absolute atomic E-state index is 12.9. The highest BCUT2D eigenvalue weighted by Gasteiger charge is 2.25. The van der Waals surface area contributed by atoms with Gasteiger partial charge in [0.25, 0.3) is 5.91 Å². The molecule has 116 valence electrons. The molecule has 21 heavy (non-hydrogen) atoms. The van der Waals surface area contributed by atoms with Gasteiger partial charge in [0.05, 0.1) is 0 Å². The molecular formula is C17H27N3O. The molecular weight excluding hydrogens is 262 g/mol. The van der Waals surface area contributed by atoms with Crippen molar-refractivity contribution >= 4 is 11.7 Å². The van der Waals surface area contributed by atoms with Gasteiger partial charge in [-0.3, -0.25) is 4.79 Å². The van der Waals surface area contributed by atoms with E-state index < -0.39 is 0 Å². The number of nitrogen functional groups attached to an aromatic ring is 1. The van der Waals surface area contributed by atoms with Gasteiger partial charge in [0, 0.05) is 23.8 Å². The summed E-state index contributed by atoms with van der Waals surface area (Å²) in [5.74, 6) is 0.572. The summed E-state index contributed by atoms with van der Waals surface area (Å²) in [6.07, 6.45) is 7.55. The number of nitrogens with two attached hydrogens (primary N) is 1. The number of amides is 1. The van der Waals surface area contributed by atoms with Gasteiger partial charge in [0.2, 0.25) is 0 Å². The first-order valence-electron chi connectivity index (χ1n) is 8.23. The van der Waals surface area contributed by atoms with Crippen molar-refractivity contribution in [1.29, 1.82) is 0 Å². The van der Waals surface area contributed by atoms with Crippen LogP contribution in [0.1, 0.15) is 68.4 Å². The van der Waals surface area contributed by atoms with Crippen LogP contribution >= 0.6 is 0 Å². The quantitative estimate of drug-likeness (QED) is 0.924. The van der Waals surface area contributed by atoms with Crippen LogP contribution in [0.4, 0.5) is 5.82 Å². The molecule has 0 spiro atoms. The lowest BCUT2D eigenvalue weighted by Gasteiger charge is -2.29. The molecule has 1 aromatic heterocycles. The number of carbonyl (C=O) groups excluding carboxylic acids is 1. The molecule has 4 nitrogen and oxygen atoms in total. The third kappa shape index (κ3) is 3.96. The SMILES string of the molecule is CCCc1cc(C(=O)N2CCCCCC2CC)cc(N)n1. The molecule has 0 saturated carbocycles. The van der Waals surface area contributed by atoms with E-state index in [4.69, 9.17) is 5.73 Å². The van der Waals surface area contributed by atoms with E-state index in [-0.39, 0.29) is 5.91 Å². The van der Waals surface area contributed by atoms with Crippen LogP contribution in [0.15, 0.2) is 12.1 Å². The number of aromatic nitrogens is 1. The van der Waals surface area contributed by atoms with Gasteiger partial charge in [0.1, 0.15) is 5.82 Å². The number of anilines is 1. The average molecular weight is 289 g/mol. The van der Waals surface area contributed by atoms with E-state index in [2.05, 4.69) is 23.7 Å². The van der Waals surface area contributed by atoms with Gasteiger partial charge in [-0.25, -0.2) is 4.98 Å². The number of pyridine rings is 1. The second-order valence-electron chi connectivity index (χ2n) is 5.93. The largest absolute Gasteiger partial charge is 0.384 e. The number of carbonyl (C=O) groups is 1. The highest BCUT2D eigenvalue weighted by atomic mass is 16.2. The van der Waals surface area contributed by atoms with Gasteiger partial charge in [-0.2, -0.15) is 0 Å². The molecule has 1 saturated heterocycles. The second-order valence-corrected chi connectivity index (χ2v) is 5.93. The molecule has 4 heteroatoms. The third-order valence-electron chi connectivity index (χ3n) is 4.26. The van der Waals surface area contributed by atoms with E-state index in [0.717, 1.165) is 44.3 Å². The Hall–Kier alpha value is -1.58. The number of hydrogen-bond acceptors (Lipinski definition) is 3. The number of aryl methyl sites for hydroxylation is 1. The average Bonchev–Trinajstić information content (AvgIpc) is 2.71. The molecule has 0 bridgehead atoms. The fraction of sp³-hybridized carbons (Fsp3) is 0.647. The van der Waals surface area contributed by atoms with Crippen molar-refractivity contribution in [2.45, 2.75) is 64.8 Å². The second kappa shape index (κ2) is 7.43. The minimum absolute atomic E-state index is 0.121. The summed E-state index contributed by atoms with van der Waals surface area (Å²) in [6.45, 7) is 5.14. The van der Waals surface area contributed by atoms with Gasteiger partial charge < -0.3 is 10.6 Å². The van der Waals surface area contributed by atoms with Crippen LogP contribution in [0.3, 0.4) is 0 Å². The zero-order valence-electron chi connectivity index (χ0n) is 13.3. The fourth-order valence-corrected chi connectivity index (χ4v) is 3.15. The highest BCUT2D eigenvalue weighted by Crippen LogP contribution is 2.22. The maximum atomic E-state index is 12.9. The molecule has 0 aromatic carbocycles. The van der Waals surface area contributed by atoms with E-state index in [1.54, 1.807) is 6.07 Å². The number of likely N-dealkylation sites (tertiary alicyclic amines) is 1. The van der Waals surface area contributed by atoms with Crippen LogP contribution in [0.2, 0.25) is 0 Å². The Labute approximate surface area is 127 Å². The lowest BCUT2D eigenvalue weighted by molar-refractivity contribution is 0.0678. The van der Waals surface area contributed by atoms with Crippen LogP contribution in [0, 0.1) is 0 Å². The molecule has 0 radical (unpaired) electrons. The lowest BCUT2D eigenvalue weighted by atomic mass is 10.1. The number of nitrogens with zero attached hydrogens (tertiary/aromatic N) is 2. The first kappa shape index (κ1) is 15.8.